The van der Waals surface area contributed by atoms with E-state index in [1.54, 1.807) is 13.8 Å². The molecule has 0 heterocycles. The fourth-order valence-corrected chi connectivity index (χ4v) is 1.14. The van der Waals surface area contributed by atoms with Gasteiger partial charge in [-0.05, 0) is 36.5 Å². The van der Waals surface area contributed by atoms with Crippen molar-refractivity contribution in [3.05, 3.63) is 0 Å². The molecule has 0 amide bonds. The summed E-state index contributed by atoms with van der Waals surface area (Å²) in [4.78, 5) is 0. The van der Waals surface area contributed by atoms with Crippen LogP contribution >= 0.6 is 24.8 Å². The Kier molecular flexibility index (Phi) is 12.7. The van der Waals surface area contributed by atoms with Crippen LogP contribution < -0.4 is 10.2 Å². The average molecular weight is 271 g/mol. The highest BCUT2D eigenvalue weighted by Crippen LogP contribution is 2.23. The number of unbranched alkanes of at least 4 members (excludes halogenated alkanes) is 2. The van der Waals surface area contributed by atoms with Crippen molar-refractivity contribution in [2.45, 2.75) is 46.0 Å². The number of hydrogen-bond donors (Lipinski definition) is 2. The fourth-order valence-electron chi connectivity index (χ4n) is 1.14. The third kappa shape index (κ3) is 10.1. The zero-order valence-corrected chi connectivity index (χ0v) is 11.3. The maximum absolute atomic E-state index is 10.8. The molecule has 16 heavy (non-hydrogen) atoms. The third-order valence-electron chi connectivity index (χ3n) is 2.32. The highest BCUT2D eigenvalue weighted by atomic mass is 35.5. The van der Waals surface area contributed by atoms with E-state index in [1.165, 1.54) is 0 Å². The van der Waals surface area contributed by atoms with Crippen molar-refractivity contribution >= 4 is 36.6 Å². The molecule has 2 N–H and O–H groups in total. The summed E-state index contributed by atoms with van der Waals surface area (Å²) >= 11 is 0. The second-order valence-electron chi connectivity index (χ2n) is 4.20. The molecule has 0 rings (SSSR count). The van der Waals surface area contributed by atoms with Crippen LogP contribution in [-0.4, -0.2) is 11.8 Å². The van der Waals surface area contributed by atoms with Gasteiger partial charge in [0.05, 0.1) is 0 Å². The van der Waals surface area contributed by atoms with E-state index in [1.807, 2.05) is 0 Å². The molecule has 0 spiro atoms. The largest absolute Gasteiger partial charge is 0.862 e. The first-order valence-electron chi connectivity index (χ1n) is 4.87. The zero-order valence-electron chi connectivity index (χ0n) is 9.67. The molecule has 0 fully saturated rings. The zero-order chi connectivity index (χ0) is 11.2. The maximum Gasteiger partial charge on any atom is -0.00788 e. The van der Waals surface area contributed by atoms with Crippen LogP contribution in [0.2, 0.25) is 0 Å². The smallest absolute Gasteiger partial charge is 0.00788 e. The highest BCUT2D eigenvalue weighted by Gasteiger charge is 2.15. The molecule has 0 aromatic heterocycles. The Morgan fingerprint density at radius 1 is 1.00 bits per heavy atom. The number of hydrogen-bond acceptors (Lipinski definition) is 4. The lowest BCUT2D eigenvalue weighted by molar-refractivity contribution is -0.231. The van der Waals surface area contributed by atoms with Crippen LogP contribution in [0, 0.1) is 16.2 Å². The first-order chi connectivity index (χ1) is 6.36. The summed E-state index contributed by atoms with van der Waals surface area (Å²) in [7, 11) is 0. The van der Waals surface area contributed by atoms with Crippen LogP contribution in [-0.2, 0) is 0 Å². The molecule has 0 radical (unpaired) electrons. The van der Waals surface area contributed by atoms with E-state index in [2.05, 4.69) is 0 Å². The predicted octanol–water partition coefficient (Wildman–Crippen LogP) is 1.48. The van der Waals surface area contributed by atoms with Crippen LogP contribution in [0.4, 0.5) is 0 Å². The lowest BCUT2D eigenvalue weighted by Gasteiger charge is -2.29. The molecule has 0 aliphatic rings. The van der Waals surface area contributed by atoms with E-state index >= 15 is 0 Å². The van der Waals surface area contributed by atoms with Gasteiger partial charge in [-0.2, -0.15) is 0 Å². The summed E-state index contributed by atoms with van der Waals surface area (Å²) in [5, 5.41) is 34.8. The summed E-state index contributed by atoms with van der Waals surface area (Å²) in [6, 6.07) is 0. The average Bonchev–Trinajstić information content (AvgIpc) is 2.02. The maximum atomic E-state index is 10.8. The van der Waals surface area contributed by atoms with Crippen LogP contribution in [0.3, 0.4) is 0 Å². The van der Waals surface area contributed by atoms with Gasteiger partial charge in [0.1, 0.15) is 0 Å². The predicted molar refractivity (Wildman–Crippen MR) is 66.8 cm³/mol. The van der Waals surface area contributed by atoms with E-state index < -0.39 is 17.2 Å². The van der Waals surface area contributed by atoms with Gasteiger partial charge >= 0.3 is 0 Å². The Morgan fingerprint density at radius 2 is 1.50 bits per heavy atom. The minimum Gasteiger partial charge on any atom is -0.862 e. The van der Waals surface area contributed by atoms with Gasteiger partial charge in [0.2, 0.25) is 0 Å². The molecule has 0 aliphatic carbocycles. The topological polar surface area (TPSA) is 93.8 Å². The third-order valence-corrected chi connectivity index (χ3v) is 2.32. The van der Waals surface area contributed by atoms with Gasteiger partial charge in [-0.3, -0.25) is 0 Å². The summed E-state index contributed by atoms with van der Waals surface area (Å²) in [5.41, 5.74) is -0.565. The second kappa shape index (κ2) is 9.73. The number of rotatable bonds is 7. The normalized spacial score (nSPS) is 9.88. The Balaban J connectivity index is -0.000000845. The minimum absolute atomic E-state index is 0. The number of halogens is 2. The van der Waals surface area contributed by atoms with Gasteiger partial charge < -0.3 is 21.0 Å². The molecular weight excluding hydrogens is 251 g/mol. The lowest BCUT2D eigenvalue weighted by atomic mass is 9.86. The van der Waals surface area contributed by atoms with E-state index in [0.29, 0.717) is 19.3 Å². The molecule has 0 saturated carbocycles. The molecule has 0 aromatic carbocycles. The van der Waals surface area contributed by atoms with Gasteiger partial charge in [-0.25, -0.2) is 0 Å². The van der Waals surface area contributed by atoms with Gasteiger partial charge in [-0.1, -0.05) is 26.7 Å². The fraction of sp³-hybridized carbons (Fsp3) is 0.800. The SMILES string of the molecule is CC(C)(CCCCCC(=N)[O-])C(=N)[O-].Cl.Cl. The van der Waals surface area contributed by atoms with Gasteiger partial charge in [0, 0.05) is 0 Å². The van der Waals surface area contributed by atoms with E-state index in [0.717, 1.165) is 12.8 Å². The van der Waals surface area contributed by atoms with E-state index in [4.69, 9.17) is 10.8 Å². The Labute approximate surface area is 109 Å². The van der Waals surface area contributed by atoms with Gasteiger partial charge in [0.15, 0.2) is 0 Å². The summed E-state index contributed by atoms with van der Waals surface area (Å²) in [5.74, 6) is -1.06. The monoisotopic (exact) mass is 270 g/mol. The first-order valence-corrected chi connectivity index (χ1v) is 4.87. The van der Waals surface area contributed by atoms with Crippen LogP contribution in [0.15, 0.2) is 0 Å². The Morgan fingerprint density at radius 3 is 1.88 bits per heavy atom. The summed E-state index contributed by atoms with van der Waals surface area (Å²) < 4.78 is 0. The summed E-state index contributed by atoms with van der Waals surface area (Å²) in [6.45, 7) is 3.52. The van der Waals surface area contributed by atoms with Crippen molar-refractivity contribution in [1.29, 1.82) is 10.8 Å². The first kappa shape index (κ1) is 20.9. The van der Waals surface area contributed by atoms with Crippen molar-refractivity contribution in [3.8, 4) is 0 Å². The van der Waals surface area contributed by atoms with Crippen LogP contribution in [0.5, 0.6) is 0 Å². The van der Waals surface area contributed by atoms with Crippen LogP contribution in [0.1, 0.15) is 46.0 Å². The highest BCUT2D eigenvalue weighted by molar-refractivity contribution is 5.85. The Hall–Kier alpha value is -0.480. The van der Waals surface area contributed by atoms with Crippen molar-refractivity contribution in [1.82, 2.24) is 0 Å². The molecule has 98 valence electrons. The van der Waals surface area contributed by atoms with Crippen molar-refractivity contribution in [2.24, 2.45) is 5.41 Å². The molecule has 4 nitrogen and oxygen atoms in total. The van der Waals surface area contributed by atoms with Crippen LogP contribution in [0.25, 0.3) is 0 Å². The molecule has 0 unspecified atom stereocenters. The van der Waals surface area contributed by atoms with Crippen molar-refractivity contribution < 1.29 is 10.2 Å². The molecule has 0 atom stereocenters. The van der Waals surface area contributed by atoms with Gasteiger partial charge in [0.25, 0.3) is 0 Å². The molecule has 0 aromatic rings. The van der Waals surface area contributed by atoms with E-state index in [9.17, 15) is 10.2 Å². The standard InChI is InChI=1S/C10H20N2O2.2ClH/c1-10(2,9(12)14)7-5-3-4-6-8(11)13;;/h3-7H2,1-2H3,(H2,11,13)(H2,12,14);2*1H/p-2. The quantitative estimate of drug-likeness (QED) is 0.417. The molecule has 0 saturated heterocycles. The number of nitrogens with one attached hydrogen (secondary N) is 2. The van der Waals surface area contributed by atoms with E-state index in [-0.39, 0.29) is 24.8 Å². The Bertz CT molecular complexity index is 221. The molecule has 0 aliphatic heterocycles. The minimum atomic E-state index is -0.565. The van der Waals surface area contributed by atoms with Crippen molar-refractivity contribution in [3.63, 3.8) is 0 Å². The van der Waals surface area contributed by atoms with Crippen molar-refractivity contribution in [2.75, 3.05) is 0 Å². The molecular formula is C10H20Cl2N2O2-2. The molecule has 0 bridgehead atoms. The lowest BCUT2D eigenvalue weighted by Crippen LogP contribution is -2.33. The van der Waals surface area contributed by atoms with Gasteiger partial charge in [-0.15, -0.1) is 24.8 Å². The second-order valence-corrected chi connectivity index (χ2v) is 4.20. The summed E-state index contributed by atoms with van der Waals surface area (Å²) in [6.07, 6.45) is 3.38. The molecule has 6 heteroatoms.